The van der Waals surface area contributed by atoms with E-state index in [0.717, 1.165) is 36.3 Å². The molecule has 2 heterocycles. The number of anilines is 1. The van der Waals surface area contributed by atoms with E-state index in [1.807, 2.05) is 38.1 Å². The molecule has 2 aliphatic heterocycles. The Morgan fingerprint density at radius 1 is 1.00 bits per heavy atom. The summed E-state index contributed by atoms with van der Waals surface area (Å²) in [5.41, 5.74) is 5.11. The van der Waals surface area contributed by atoms with Crippen LogP contribution in [0.5, 0.6) is 0 Å². The van der Waals surface area contributed by atoms with Gasteiger partial charge in [-0.25, -0.2) is 8.42 Å². The summed E-state index contributed by atoms with van der Waals surface area (Å²) in [5, 5.41) is 0. The molecule has 0 unspecified atom stereocenters. The van der Waals surface area contributed by atoms with Gasteiger partial charge >= 0.3 is 0 Å². The summed E-state index contributed by atoms with van der Waals surface area (Å²) < 4.78 is 29.0. The van der Waals surface area contributed by atoms with E-state index < -0.39 is 10.0 Å². The van der Waals surface area contributed by atoms with Crippen molar-refractivity contribution in [3.63, 3.8) is 0 Å². The molecule has 0 saturated carbocycles. The SMILES string of the molecule is Cc1ccc(S(=O)(=O)N2c3ccc(C)cc3[C@@H]3CN(C)CC[C@@H]32)c(C)c1. The number of hydrogen-bond donors (Lipinski definition) is 0. The van der Waals surface area contributed by atoms with Crippen LogP contribution in [0.2, 0.25) is 0 Å². The fourth-order valence-electron chi connectivity index (χ4n) is 4.54. The molecule has 0 aromatic heterocycles. The van der Waals surface area contributed by atoms with Gasteiger partial charge in [0.15, 0.2) is 0 Å². The molecule has 0 aliphatic carbocycles. The van der Waals surface area contributed by atoms with Gasteiger partial charge in [0.1, 0.15) is 0 Å². The normalized spacial score (nSPS) is 23.0. The summed E-state index contributed by atoms with van der Waals surface area (Å²) in [4.78, 5) is 2.73. The maximum Gasteiger partial charge on any atom is 0.264 e. The molecule has 5 heteroatoms. The van der Waals surface area contributed by atoms with Crippen molar-refractivity contribution < 1.29 is 8.42 Å². The molecule has 138 valence electrons. The van der Waals surface area contributed by atoms with Crippen LogP contribution in [-0.2, 0) is 10.0 Å². The number of nitrogens with zero attached hydrogens (tertiary/aromatic N) is 2. The van der Waals surface area contributed by atoms with Gasteiger partial charge in [0, 0.05) is 12.5 Å². The van der Waals surface area contributed by atoms with Crippen LogP contribution in [0, 0.1) is 20.8 Å². The van der Waals surface area contributed by atoms with Crippen molar-refractivity contribution in [2.75, 3.05) is 24.4 Å². The molecule has 4 rings (SSSR count). The second-order valence-corrected chi connectivity index (χ2v) is 9.64. The minimum atomic E-state index is -3.59. The average Bonchev–Trinajstić information content (AvgIpc) is 2.88. The Balaban J connectivity index is 1.88. The maximum absolute atomic E-state index is 13.7. The van der Waals surface area contributed by atoms with E-state index in [9.17, 15) is 8.42 Å². The number of sulfonamides is 1. The third-order valence-electron chi connectivity index (χ3n) is 5.77. The Kier molecular flexibility index (Phi) is 4.12. The van der Waals surface area contributed by atoms with Crippen molar-refractivity contribution in [3.05, 3.63) is 58.7 Å². The number of hydrogen-bond acceptors (Lipinski definition) is 3. The van der Waals surface area contributed by atoms with Gasteiger partial charge in [-0.05, 0) is 64.0 Å². The van der Waals surface area contributed by atoms with Gasteiger partial charge < -0.3 is 4.90 Å². The topological polar surface area (TPSA) is 40.6 Å². The Morgan fingerprint density at radius 2 is 1.69 bits per heavy atom. The van der Waals surface area contributed by atoms with Crippen molar-refractivity contribution in [3.8, 4) is 0 Å². The minimum absolute atomic E-state index is 0.00806. The molecule has 0 amide bonds. The maximum atomic E-state index is 13.7. The Labute approximate surface area is 156 Å². The molecule has 0 radical (unpaired) electrons. The highest BCUT2D eigenvalue weighted by molar-refractivity contribution is 7.93. The highest BCUT2D eigenvalue weighted by Crippen LogP contribution is 2.47. The van der Waals surface area contributed by atoms with Crippen LogP contribution in [0.4, 0.5) is 5.69 Å². The lowest BCUT2D eigenvalue weighted by Gasteiger charge is -2.37. The summed E-state index contributed by atoms with van der Waals surface area (Å²) in [6.45, 7) is 7.78. The number of rotatable bonds is 2. The number of likely N-dealkylation sites (tertiary alicyclic amines) is 1. The Hall–Kier alpha value is -1.85. The molecule has 2 aromatic carbocycles. The lowest BCUT2D eigenvalue weighted by Crippen LogP contribution is -2.47. The van der Waals surface area contributed by atoms with Crippen LogP contribution in [0.3, 0.4) is 0 Å². The second kappa shape index (κ2) is 6.10. The molecule has 0 N–H and O–H groups in total. The van der Waals surface area contributed by atoms with Gasteiger partial charge in [0.05, 0.1) is 16.6 Å². The number of aryl methyl sites for hydroxylation is 3. The van der Waals surface area contributed by atoms with Crippen molar-refractivity contribution in [1.82, 2.24) is 4.90 Å². The first-order valence-electron chi connectivity index (χ1n) is 9.20. The van der Waals surface area contributed by atoms with Gasteiger partial charge in [0.25, 0.3) is 10.0 Å². The molecule has 0 spiro atoms. The largest absolute Gasteiger partial charge is 0.306 e. The van der Waals surface area contributed by atoms with Crippen LogP contribution in [0.1, 0.15) is 34.6 Å². The predicted molar refractivity (Wildman–Crippen MR) is 105 cm³/mol. The fraction of sp³-hybridized carbons (Fsp3) is 0.429. The third kappa shape index (κ3) is 2.65. The van der Waals surface area contributed by atoms with Crippen molar-refractivity contribution >= 4 is 15.7 Å². The first-order chi connectivity index (χ1) is 12.3. The zero-order valence-electron chi connectivity index (χ0n) is 15.9. The van der Waals surface area contributed by atoms with Crippen molar-refractivity contribution in [2.45, 2.75) is 44.0 Å². The van der Waals surface area contributed by atoms with Crippen LogP contribution in [0.15, 0.2) is 41.3 Å². The summed E-state index contributed by atoms with van der Waals surface area (Å²) in [6.07, 6.45) is 0.860. The smallest absolute Gasteiger partial charge is 0.264 e. The van der Waals surface area contributed by atoms with Crippen LogP contribution in [0.25, 0.3) is 0 Å². The monoisotopic (exact) mass is 370 g/mol. The molecule has 26 heavy (non-hydrogen) atoms. The second-order valence-electron chi connectivity index (χ2n) is 7.86. The fourth-order valence-corrected chi connectivity index (χ4v) is 6.49. The zero-order chi connectivity index (χ0) is 18.6. The van der Waals surface area contributed by atoms with Gasteiger partial charge in [-0.15, -0.1) is 0 Å². The van der Waals surface area contributed by atoms with E-state index in [1.165, 1.54) is 11.1 Å². The molecule has 0 bridgehead atoms. The quantitative estimate of drug-likeness (QED) is 0.811. The number of likely N-dealkylation sites (N-methyl/N-ethyl adjacent to an activating group) is 1. The Morgan fingerprint density at radius 3 is 2.42 bits per heavy atom. The molecular weight excluding hydrogens is 344 g/mol. The molecular formula is C21H26N2O2S. The standard InChI is InChI=1S/C21H26N2O2S/c1-14-6-8-21(16(3)11-14)26(24,25)23-19-7-5-15(2)12-17(19)18-13-22(4)10-9-20(18)23/h5-8,11-12,18,20H,9-10,13H2,1-4H3/t18-,20-/m0/s1. The van der Waals surface area contributed by atoms with Gasteiger partial charge in [-0.2, -0.15) is 0 Å². The van der Waals surface area contributed by atoms with E-state index in [0.29, 0.717) is 4.90 Å². The van der Waals surface area contributed by atoms with E-state index in [2.05, 4.69) is 24.9 Å². The Bertz CT molecular complexity index is 968. The first-order valence-corrected chi connectivity index (χ1v) is 10.6. The number of piperidine rings is 1. The molecule has 1 fully saturated rings. The minimum Gasteiger partial charge on any atom is -0.306 e. The van der Waals surface area contributed by atoms with Gasteiger partial charge in [0.2, 0.25) is 0 Å². The zero-order valence-corrected chi connectivity index (χ0v) is 16.7. The molecule has 1 saturated heterocycles. The average molecular weight is 371 g/mol. The van der Waals surface area contributed by atoms with E-state index in [-0.39, 0.29) is 12.0 Å². The summed E-state index contributed by atoms with van der Waals surface area (Å²) in [6, 6.07) is 11.8. The van der Waals surface area contributed by atoms with Crippen molar-refractivity contribution in [2.24, 2.45) is 0 Å². The highest BCUT2D eigenvalue weighted by Gasteiger charge is 2.46. The van der Waals surface area contributed by atoms with Gasteiger partial charge in [-0.3, -0.25) is 4.31 Å². The highest BCUT2D eigenvalue weighted by atomic mass is 32.2. The van der Waals surface area contributed by atoms with E-state index in [1.54, 1.807) is 10.4 Å². The summed E-state index contributed by atoms with van der Waals surface area (Å²) in [7, 11) is -1.47. The predicted octanol–water partition coefficient (Wildman–Crippen LogP) is 3.61. The van der Waals surface area contributed by atoms with Gasteiger partial charge in [-0.1, -0.05) is 35.4 Å². The van der Waals surface area contributed by atoms with E-state index >= 15 is 0 Å². The number of fused-ring (bicyclic) bond motifs is 3. The molecule has 2 aromatic rings. The molecule has 2 aliphatic rings. The van der Waals surface area contributed by atoms with Crippen molar-refractivity contribution in [1.29, 1.82) is 0 Å². The lowest BCUT2D eigenvalue weighted by atomic mass is 9.89. The molecule has 4 nitrogen and oxygen atoms in total. The summed E-state index contributed by atoms with van der Waals surface area (Å²) in [5.74, 6) is 0.240. The number of benzene rings is 2. The first kappa shape index (κ1) is 17.6. The molecule has 2 atom stereocenters. The van der Waals surface area contributed by atoms with Crippen LogP contribution in [-0.4, -0.2) is 39.5 Å². The third-order valence-corrected chi connectivity index (χ3v) is 7.77. The lowest BCUT2D eigenvalue weighted by molar-refractivity contribution is 0.237. The van der Waals surface area contributed by atoms with E-state index in [4.69, 9.17) is 0 Å². The summed E-state index contributed by atoms with van der Waals surface area (Å²) >= 11 is 0. The van der Waals surface area contributed by atoms with Crippen LogP contribution < -0.4 is 4.31 Å². The van der Waals surface area contributed by atoms with Crippen LogP contribution >= 0.6 is 0 Å².